The number of hydrazine groups is 1. The third-order valence-electron chi connectivity index (χ3n) is 7.27. The van der Waals surface area contributed by atoms with Crippen molar-refractivity contribution < 1.29 is 4.79 Å². The molecule has 0 aliphatic carbocycles. The topological polar surface area (TPSA) is 32.3 Å². The third kappa shape index (κ3) is 15.5. The zero-order chi connectivity index (χ0) is 26.2. The monoisotopic (exact) mass is 506 g/mol. The first-order chi connectivity index (χ1) is 18.3. The molecular formula is C34H54N2O. The molecule has 0 radical (unpaired) electrons. The van der Waals surface area contributed by atoms with Crippen LogP contribution in [0.1, 0.15) is 135 Å². The van der Waals surface area contributed by atoms with Crippen molar-refractivity contribution >= 4 is 17.3 Å². The molecule has 0 bridgehead atoms. The zero-order valence-electron chi connectivity index (χ0n) is 23.8. The molecule has 3 nitrogen and oxygen atoms in total. The van der Waals surface area contributed by atoms with Crippen LogP contribution in [0.25, 0.3) is 0 Å². The first-order valence-electron chi connectivity index (χ1n) is 15.5. The predicted octanol–water partition coefficient (Wildman–Crippen LogP) is 10.7. The largest absolute Gasteiger partial charge is 0.273 e. The number of para-hydroxylation sites is 2. The standard InChI is InChI=1S/C34H54N2O/c1-2-3-4-5-6-7-8-9-10-11-12-13-14-15-16-17-18-19-26-31-34(37)35-36(32-27-22-20-23-28-32)33-29-24-21-25-30-33/h20-25,27-30H,2-19,26,31H2,1H3,(H,35,37). The summed E-state index contributed by atoms with van der Waals surface area (Å²) in [5, 5.41) is 1.89. The van der Waals surface area contributed by atoms with Gasteiger partial charge >= 0.3 is 0 Å². The van der Waals surface area contributed by atoms with E-state index in [-0.39, 0.29) is 5.91 Å². The van der Waals surface area contributed by atoms with Gasteiger partial charge in [0.1, 0.15) is 0 Å². The molecule has 37 heavy (non-hydrogen) atoms. The number of anilines is 2. The van der Waals surface area contributed by atoms with Crippen LogP contribution >= 0.6 is 0 Å². The highest BCUT2D eigenvalue weighted by Gasteiger charge is 2.12. The number of hydrogen-bond donors (Lipinski definition) is 1. The minimum Gasteiger partial charge on any atom is -0.273 e. The van der Waals surface area contributed by atoms with Crippen LogP contribution in [0.15, 0.2) is 60.7 Å². The number of amides is 1. The highest BCUT2D eigenvalue weighted by atomic mass is 16.2. The van der Waals surface area contributed by atoms with E-state index in [4.69, 9.17) is 0 Å². The molecule has 2 rings (SSSR count). The summed E-state index contributed by atoms with van der Waals surface area (Å²) in [5.74, 6) is 0.0830. The van der Waals surface area contributed by atoms with E-state index in [1.54, 1.807) is 0 Å². The van der Waals surface area contributed by atoms with Crippen LogP contribution in [0.2, 0.25) is 0 Å². The van der Waals surface area contributed by atoms with Gasteiger partial charge in [-0.2, -0.15) is 0 Å². The summed E-state index contributed by atoms with van der Waals surface area (Å²) in [7, 11) is 0. The van der Waals surface area contributed by atoms with Gasteiger partial charge in [-0.15, -0.1) is 0 Å². The number of unbranched alkanes of at least 4 members (excludes halogenated alkanes) is 18. The number of nitrogens with zero attached hydrogens (tertiary/aromatic N) is 1. The average molecular weight is 507 g/mol. The van der Waals surface area contributed by atoms with Gasteiger partial charge in [0.2, 0.25) is 5.91 Å². The quantitative estimate of drug-likeness (QED) is 0.120. The first kappa shape index (κ1) is 30.9. The second-order valence-electron chi connectivity index (χ2n) is 10.7. The summed E-state index contributed by atoms with van der Waals surface area (Å²) in [6.45, 7) is 2.29. The van der Waals surface area contributed by atoms with E-state index < -0.39 is 0 Å². The summed E-state index contributed by atoms with van der Waals surface area (Å²) in [5.41, 5.74) is 5.04. The second kappa shape index (κ2) is 21.8. The van der Waals surface area contributed by atoms with Gasteiger partial charge in [-0.1, -0.05) is 159 Å². The maximum atomic E-state index is 12.6. The molecule has 0 unspecified atom stereocenters. The van der Waals surface area contributed by atoms with E-state index in [9.17, 15) is 4.79 Å². The van der Waals surface area contributed by atoms with Gasteiger partial charge in [-0.05, 0) is 30.7 Å². The van der Waals surface area contributed by atoms with Gasteiger partial charge < -0.3 is 0 Å². The van der Waals surface area contributed by atoms with Crippen molar-refractivity contribution in [3.8, 4) is 0 Å². The average Bonchev–Trinajstić information content (AvgIpc) is 2.94. The molecule has 206 valence electrons. The number of benzene rings is 2. The first-order valence-corrected chi connectivity index (χ1v) is 15.5. The van der Waals surface area contributed by atoms with Crippen molar-refractivity contribution in [2.24, 2.45) is 0 Å². The fraction of sp³-hybridized carbons (Fsp3) is 0.618. The maximum Gasteiger partial charge on any atom is 0.238 e. The molecule has 0 fully saturated rings. The van der Waals surface area contributed by atoms with Gasteiger partial charge in [-0.25, -0.2) is 0 Å². The molecule has 0 saturated heterocycles. The lowest BCUT2D eigenvalue weighted by Crippen LogP contribution is -2.38. The lowest BCUT2D eigenvalue weighted by molar-refractivity contribution is -0.121. The van der Waals surface area contributed by atoms with Crippen LogP contribution in [0.4, 0.5) is 11.4 Å². The fourth-order valence-electron chi connectivity index (χ4n) is 4.98. The van der Waals surface area contributed by atoms with Gasteiger partial charge in [0.25, 0.3) is 0 Å². The van der Waals surface area contributed by atoms with E-state index in [1.807, 2.05) is 65.7 Å². The summed E-state index contributed by atoms with van der Waals surface area (Å²) in [4.78, 5) is 12.6. The minimum atomic E-state index is 0.0830. The van der Waals surface area contributed by atoms with Crippen LogP contribution in [-0.2, 0) is 4.79 Å². The van der Waals surface area contributed by atoms with Crippen molar-refractivity contribution in [1.29, 1.82) is 0 Å². The van der Waals surface area contributed by atoms with Crippen LogP contribution in [0.5, 0.6) is 0 Å². The molecule has 0 aliphatic rings. The lowest BCUT2D eigenvalue weighted by atomic mass is 10.0. The molecule has 0 saturated carbocycles. The number of rotatable bonds is 23. The Labute approximate surface area is 228 Å². The van der Waals surface area contributed by atoms with Crippen LogP contribution in [0, 0.1) is 0 Å². The highest BCUT2D eigenvalue weighted by molar-refractivity contribution is 5.80. The highest BCUT2D eigenvalue weighted by Crippen LogP contribution is 2.23. The molecule has 0 atom stereocenters. The summed E-state index contributed by atoms with van der Waals surface area (Å²) in [6, 6.07) is 20.0. The van der Waals surface area contributed by atoms with Crippen LogP contribution < -0.4 is 10.4 Å². The van der Waals surface area contributed by atoms with Gasteiger partial charge in [0.05, 0.1) is 11.4 Å². The number of carbonyl (C=O) groups excluding carboxylic acids is 1. The molecule has 3 heteroatoms. The Morgan fingerprint density at radius 1 is 0.514 bits per heavy atom. The smallest absolute Gasteiger partial charge is 0.238 e. The second-order valence-corrected chi connectivity index (χ2v) is 10.7. The van der Waals surface area contributed by atoms with E-state index in [0.29, 0.717) is 6.42 Å². The molecule has 1 amide bonds. The Kier molecular flexibility index (Phi) is 18.2. The van der Waals surface area contributed by atoms with Crippen molar-refractivity contribution in [3.05, 3.63) is 60.7 Å². The third-order valence-corrected chi connectivity index (χ3v) is 7.27. The minimum absolute atomic E-state index is 0.0830. The Bertz CT molecular complexity index is 737. The Morgan fingerprint density at radius 3 is 1.19 bits per heavy atom. The number of hydrogen-bond acceptors (Lipinski definition) is 2. The zero-order valence-corrected chi connectivity index (χ0v) is 23.8. The lowest BCUT2D eigenvalue weighted by Gasteiger charge is -2.25. The van der Waals surface area contributed by atoms with Crippen LogP contribution in [-0.4, -0.2) is 5.91 Å². The van der Waals surface area contributed by atoms with E-state index in [0.717, 1.165) is 24.2 Å². The Morgan fingerprint density at radius 2 is 0.838 bits per heavy atom. The summed E-state index contributed by atoms with van der Waals surface area (Å²) >= 11 is 0. The van der Waals surface area contributed by atoms with Crippen LogP contribution in [0.3, 0.4) is 0 Å². The molecule has 0 heterocycles. The Hall–Kier alpha value is -2.29. The van der Waals surface area contributed by atoms with E-state index >= 15 is 0 Å². The van der Waals surface area contributed by atoms with Gasteiger partial charge in [0.15, 0.2) is 0 Å². The number of carbonyl (C=O) groups is 1. The van der Waals surface area contributed by atoms with Gasteiger partial charge in [0, 0.05) is 6.42 Å². The molecule has 0 spiro atoms. The van der Waals surface area contributed by atoms with E-state index in [1.165, 1.54) is 109 Å². The molecule has 0 aromatic heterocycles. The van der Waals surface area contributed by atoms with Crippen molar-refractivity contribution in [1.82, 2.24) is 5.43 Å². The molecule has 1 N–H and O–H groups in total. The fourth-order valence-corrected chi connectivity index (χ4v) is 4.98. The van der Waals surface area contributed by atoms with Crippen molar-refractivity contribution in [3.63, 3.8) is 0 Å². The molecule has 0 aliphatic heterocycles. The summed E-state index contributed by atoms with van der Waals surface area (Å²) in [6.07, 6.45) is 26.5. The normalized spacial score (nSPS) is 10.9. The number of nitrogens with one attached hydrogen (secondary N) is 1. The van der Waals surface area contributed by atoms with Gasteiger partial charge in [-0.3, -0.25) is 15.2 Å². The SMILES string of the molecule is CCCCCCCCCCCCCCCCCCCCCC(=O)NN(c1ccccc1)c1ccccc1. The maximum absolute atomic E-state index is 12.6. The van der Waals surface area contributed by atoms with E-state index in [2.05, 4.69) is 12.3 Å². The Balaban J connectivity index is 1.41. The van der Waals surface area contributed by atoms with Crippen molar-refractivity contribution in [2.45, 2.75) is 135 Å². The summed E-state index contributed by atoms with van der Waals surface area (Å²) < 4.78 is 0. The van der Waals surface area contributed by atoms with Crippen molar-refractivity contribution in [2.75, 3.05) is 5.01 Å². The molecule has 2 aromatic carbocycles. The molecule has 2 aromatic rings. The predicted molar refractivity (Wildman–Crippen MR) is 161 cm³/mol. The molecular weight excluding hydrogens is 452 g/mol.